The number of sulfonamides is 1. The Morgan fingerprint density at radius 2 is 1.77 bits per heavy atom. The molecule has 2 aromatic heterocycles. The third-order valence-electron chi connectivity index (χ3n) is 6.90. The van der Waals surface area contributed by atoms with Crippen LogP contribution in [0.3, 0.4) is 0 Å². The van der Waals surface area contributed by atoms with E-state index in [1.807, 2.05) is 60.2 Å². The molecule has 9 nitrogen and oxygen atoms in total. The lowest BCUT2D eigenvalue weighted by Gasteiger charge is -2.15. The molecule has 0 saturated carbocycles. The van der Waals surface area contributed by atoms with Crippen molar-refractivity contribution < 1.29 is 13.2 Å². The number of aromatic amines is 1. The molecule has 5 aromatic rings. The molecule has 2 N–H and O–H groups in total. The van der Waals surface area contributed by atoms with E-state index in [4.69, 9.17) is 0 Å². The van der Waals surface area contributed by atoms with Crippen molar-refractivity contribution in [2.24, 2.45) is 0 Å². The van der Waals surface area contributed by atoms with Gasteiger partial charge in [0.05, 0.1) is 10.6 Å². The van der Waals surface area contributed by atoms with Crippen molar-refractivity contribution in [3.8, 4) is 17.1 Å². The molecular weight excluding hydrogens is 544 g/mol. The van der Waals surface area contributed by atoms with E-state index in [1.165, 1.54) is 28.2 Å². The van der Waals surface area contributed by atoms with Gasteiger partial charge in [0.15, 0.2) is 11.0 Å². The Hall–Kier alpha value is -3.93. The molecule has 0 aliphatic carbocycles. The number of para-hydroxylation sites is 1. The summed E-state index contributed by atoms with van der Waals surface area (Å²) < 4.78 is 29.0. The molecule has 1 aliphatic rings. The van der Waals surface area contributed by atoms with Crippen LogP contribution in [0.25, 0.3) is 28.0 Å². The van der Waals surface area contributed by atoms with Gasteiger partial charge in [-0.15, -0.1) is 10.2 Å². The van der Waals surface area contributed by atoms with Gasteiger partial charge in [-0.25, -0.2) is 8.42 Å². The quantitative estimate of drug-likeness (QED) is 0.246. The number of thioether (sulfide) groups is 1. The van der Waals surface area contributed by atoms with Crippen LogP contribution in [0.5, 0.6) is 0 Å². The van der Waals surface area contributed by atoms with Gasteiger partial charge in [-0.1, -0.05) is 42.1 Å². The number of hydrogen-bond donors (Lipinski definition) is 2. The predicted octanol–water partition coefficient (Wildman–Crippen LogP) is 5.24. The second kappa shape index (κ2) is 10.9. The van der Waals surface area contributed by atoms with E-state index in [9.17, 15) is 13.2 Å². The number of rotatable bonds is 8. The first kappa shape index (κ1) is 26.3. The molecule has 1 amide bonds. The van der Waals surface area contributed by atoms with Crippen LogP contribution in [-0.4, -0.2) is 57.2 Å². The summed E-state index contributed by atoms with van der Waals surface area (Å²) in [6, 6.07) is 22.4. The van der Waals surface area contributed by atoms with Crippen LogP contribution in [0, 0.1) is 6.92 Å². The fraction of sp³-hybridized carbons (Fsp3) is 0.207. The number of carbonyl (C=O) groups excluding carboxylic acids is 1. The van der Waals surface area contributed by atoms with Crippen LogP contribution in [0.1, 0.15) is 18.4 Å². The molecule has 0 radical (unpaired) electrons. The molecule has 11 heteroatoms. The van der Waals surface area contributed by atoms with E-state index in [1.54, 1.807) is 12.1 Å². The number of amides is 1. The van der Waals surface area contributed by atoms with Gasteiger partial charge in [0.1, 0.15) is 0 Å². The van der Waals surface area contributed by atoms with E-state index < -0.39 is 10.0 Å². The van der Waals surface area contributed by atoms with Crippen LogP contribution in [0.2, 0.25) is 0 Å². The van der Waals surface area contributed by atoms with Crippen LogP contribution in [-0.2, 0) is 14.8 Å². The third kappa shape index (κ3) is 5.15. The minimum atomic E-state index is -3.50. The van der Waals surface area contributed by atoms with E-state index in [0.29, 0.717) is 29.8 Å². The summed E-state index contributed by atoms with van der Waals surface area (Å²) in [7, 11) is -3.50. The molecule has 204 valence electrons. The Morgan fingerprint density at radius 3 is 2.55 bits per heavy atom. The summed E-state index contributed by atoms with van der Waals surface area (Å²) in [5, 5.41) is 13.5. The van der Waals surface area contributed by atoms with Crippen molar-refractivity contribution in [3.05, 3.63) is 84.6 Å². The lowest BCUT2D eigenvalue weighted by Crippen LogP contribution is -2.27. The summed E-state index contributed by atoms with van der Waals surface area (Å²) in [5.74, 6) is 0.555. The van der Waals surface area contributed by atoms with Gasteiger partial charge < -0.3 is 10.3 Å². The topological polar surface area (TPSA) is 113 Å². The number of nitrogens with zero attached hydrogens (tertiary/aromatic N) is 4. The van der Waals surface area contributed by atoms with Gasteiger partial charge >= 0.3 is 0 Å². The van der Waals surface area contributed by atoms with Crippen molar-refractivity contribution in [3.63, 3.8) is 0 Å². The van der Waals surface area contributed by atoms with Crippen LogP contribution in [0.4, 0.5) is 5.69 Å². The smallest absolute Gasteiger partial charge is 0.243 e. The summed E-state index contributed by atoms with van der Waals surface area (Å²) in [5.41, 5.74) is 4.46. The normalized spacial score (nSPS) is 14.1. The average Bonchev–Trinajstić information content (AvgIpc) is 3.72. The summed E-state index contributed by atoms with van der Waals surface area (Å²) in [6.45, 7) is 3.13. The van der Waals surface area contributed by atoms with E-state index in [0.717, 1.165) is 40.6 Å². The molecule has 1 aliphatic heterocycles. The molecular formula is C29H28N6O3S2. The van der Waals surface area contributed by atoms with Gasteiger partial charge in [0.25, 0.3) is 0 Å². The molecule has 1 saturated heterocycles. The second-order valence-electron chi connectivity index (χ2n) is 9.70. The highest BCUT2D eigenvalue weighted by Gasteiger charge is 2.27. The fourth-order valence-electron chi connectivity index (χ4n) is 4.91. The maximum Gasteiger partial charge on any atom is 0.243 e. The maximum absolute atomic E-state index is 12.9. The van der Waals surface area contributed by atoms with Crippen molar-refractivity contribution in [1.29, 1.82) is 0 Å². The Morgan fingerprint density at radius 1 is 1.00 bits per heavy atom. The lowest BCUT2D eigenvalue weighted by atomic mass is 10.1. The first-order valence-electron chi connectivity index (χ1n) is 13.0. The largest absolute Gasteiger partial charge is 0.360 e. The van der Waals surface area contributed by atoms with Crippen molar-refractivity contribution in [2.45, 2.75) is 29.8 Å². The monoisotopic (exact) mass is 572 g/mol. The summed E-state index contributed by atoms with van der Waals surface area (Å²) in [6.07, 6.45) is 3.69. The summed E-state index contributed by atoms with van der Waals surface area (Å²) >= 11 is 1.29. The van der Waals surface area contributed by atoms with E-state index in [-0.39, 0.29) is 16.6 Å². The number of hydrogen-bond acceptors (Lipinski definition) is 6. The van der Waals surface area contributed by atoms with E-state index >= 15 is 0 Å². The van der Waals surface area contributed by atoms with Gasteiger partial charge in [-0.05, 0) is 67.8 Å². The SMILES string of the molecule is Cc1cccc(-n2c(SCC(=O)Nc3ccc(S(=O)(=O)N4CCCC4)cc3)nnc2-c2c[nH]c3ccccc23)c1. The number of aryl methyl sites for hydroxylation is 1. The highest BCUT2D eigenvalue weighted by Crippen LogP contribution is 2.32. The molecule has 0 unspecified atom stereocenters. The minimum Gasteiger partial charge on any atom is -0.360 e. The third-order valence-corrected chi connectivity index (χ3v) is 9.74. The predicted molar refractivity (Wildman–Crippen MR) is 157 cm³/mol. The molecule has 6 rings (SSSR count). The van der Waals surface area contributed by atoms with Gasteiger partial charge in [-0.3, -0.25) is 9.36 Å². The number of fused-ring (bicyclic) bond motifs is 1. The Bertz CT molecular complexity index is 1790. The Balaban J connectivity index is 1.21. The number of nitrogens with one attached hydrogen (secondary N) is 2. The molecule has 0 spiro atoms. The zero-order valence-corrected chi connectivity index (χ0v) is 23.5. The number of aromatic nitrogens is 4. The number of anilines is 1. The Labute approximate surface area is 236 Å². The summed E-state index contributed by atoms with van der Waals surface area (Å²) in [4.78, 5) is 16.4. The number of benzene rings is 3. The van der Waals surface area contributed by atoms with Crippen LogP contribution < -0.4 is 5.32 Å². The number of H-pyrrole nitrogens is 1. The number of carbonyl (C=O) groups is 1. The molecule has 1 fully saturated rings. The van der Waals surface area contributed by atoms with Crippen LogP contribution >= 0.6 is 11.8 Å². The maximum atomic E-state index is 12.9. The fourth-order valence-corrected chi connectivity index (χ4v) is 7.18. The van der Waals surface area contributed by atoms with Crippen molar-refractivity contribution in [1.82, 2.24) is 24.1 Å². The first-order chi connectivity index (χ1) is 19.4. The minimum absolute atomic E-state index is 0.103. The van der Waals surface area contributed by atoms with Crippen LogP contribution in [0.15, 0.2) is 89.0 Å². The molecule has 40 heavy (non-hydrogen) atoms. The van der Waals surface area contributed by atoms with Crippen molar-refractivity contribution in [2.75, 3.05) is 24.2 Å². The zero-order chi connectivity index (χ0) is 27.7. The molecule has 0 atom stereocenters. The first-order valence-corrected chi connectivity index (χ1v) is 15.4. The van der Waals surface area contributed by atoms with Gasteiger partial charge in [0, 0.05) is 47.1 Å². The zero-order valence-electron chi connectivity index (χ0n) is 21.9. The average molecular weight is 573 g/mol. The van der Waals surface area contributed by atoms with Gasteiger partial charge in [0.2, 0.25) is 15.9 Å². The molecule has 0 bridgehead atoms. The van der Waals surface area contributed by atoms with Gasteiger partial charge in [-0.2, -0.15) is 4.31 Å². The van der Waals surface area contributed by atoms with E-state index in [2.05, 4.69) is 26.6 Å². The molecule has 3 heterocycles. The highest BCUT2D eigenvalue weighted by atomic mass is 32.2. The second-order valence-corrected chi connectivity index (χ2v) is 12.6. The molecule has 3 aromatic carbocycles. The van der Waals surface area contributed by atoms with Crippen molar-refractivity contribution >= 4 is 44.3 Å². The standard InChI is InChI=1S/C29H28N6O3S2/c1-20-7-6-8-22(17-20)35-28(25-18-30-26-10-3-2-9-24(25)26)32-33-29(35)39-19-27(36)31-21-11-13-23(14-12-21)40(37,38)34-15-4-5-16-34/h2-3,6-14,17-18,30H,4-5,15-16,19H2,1H3,(H,31,36). The highest BCUT2D eigenvalue weighted by molar-refractivity contribution is 7.99. The Kier molecular flexibility index (Phi) is 7.18. The lowest BCUT2D eigenvalue weighted by molar-refractivity contribution is -0.113.